The van der Waals surface area contributed by atoms with Crippen molar-refractivity contribution in [3.05, 3.63) is 47.8 Å². The first-order valence-corrected chi connectivity index (χ1v) is 13.0. The summed E-state index contributed by atoms with van der Waals surface area (Å²) in [5.41, 5.74) is 9.72. The van der Waals surface area contributed by atoms with Gasteiger partial charge in [-0.1, -0.05) is 11.2 Å². The number of alkyl halides is 3. The molecule has 1 aliphatic carbocycles. The highest BCUT2D eigenvalue weighted by molar-refractivity contribution is 7.89. The van der Waals surface area contributed by atoms with Crippen molar-refractivity contribution in [2.45, 2.75) is 62.7 Å². The molecule has 3 aromatic rings. The summed E-state index contributed by atoms with van der Waals surface area (Å²) in [6.07, 6.45) is -1.27. The number of aliphatic hydroxyl groups excluding tert-OH is 1. The van der Waals surface area contributed by atoms with Crippen molar-refractivity contribution in [2.75, 3.05) is 5.73 Å². The molecule has 4 rings (SSSR count). The van der Waals surface area contributed by atoms with Crippen molar-refractivity contribution < 1.29 is 41.1 Å². The highest BCUT2D eigenvalue weighted by Crippen LogP contribution is 2.33. The quantitative estimate of drug-likeness (QED) is 0.365. The molecule has 2 atom stereocenters. The number of nitrogens with one attached hydrogen (secondary N) is 1. The van der Waals surface area contributed by atoms with E-state index in [9.17, 15) is 26.7 Å². The lowest BCUT2D eigenvalue weighted by Gasteiger charge is -2.26. The maximum absolute atomic E-state index is 13.0. The standard InChI is InChI=1S/C22H26N4O4S.C2HF3O2/c1-13-6-7-18(31(28,29)26-16-4-3-5-17(27)10-16)11-19(13)15-9-20(22(23)24-12-15)21-8-14(2)25-30-21;3-2(4,5)1(6)7/h6-9,11-12,16-17,26-27H,3-5,10H2,1-2H3,(H2,23,24);(H,6,7)/t16-,17-;/m0./s1. The average molecular weight is 557 g/mol. The number of nitrogens with two attached hydrogens (primary N) is 1. The second-order valence-electron chi connectivity index (χ2n) is 8.91. The zero-order chi connectivity index (χ0) is 28.3. The molecule has 1 aliphatic rings. The second-order valence-corrected chi connectivity index (χ2v) is 10.6. The Kier molecular flexibility index (Phi) is 8.79. The Hall–Kier alpha value is -3.49. The number of carbonyl (C=O) groups is 1. The van der Waals surface area contributed by atoms with Gasteiger partial charge in [-0.2, -0.15) is 13.2 Å². The first kappa shape index (κ1) is 29.1. The van der Waals surface area contributed by atoms with Gasteiger partial charge in [0.25, 0.3) is 0 Å². The second kappa shape index (κ2) is 11.5. The Labute approximate surface area is 216 Å². The van der Waals surface area contributed by atoms with Gasteiger partial charge in [0.1, 0.15) is 5.82 Å². The minimum atomic E-state index is -5.08. The van der Waals surface area contributed by atoms with Crippen LogP contribution in [0, 0.1) is 13.8 Å². The summed E-state index contributed by atoms with van der Waals surface area (Å²) in [4.78, 5) is 13.3. The third-order valence-corrected chi connectivity index (χ3v) is 7.37. The number of pyridine rings is 1. The van der Waals surface area contributed by atoms with Crippen molar-refractivity contribution in [2.24, 2.45) is 0 Å². The molecule has 2 aromatic heterocycles. The highest BCUT2D eigenvalue weighted by atomic mass is 32.2. The number of carboxylic acids is 1. The number of halogens is 3. The van der Waals surface area contributed by atoms with Gasteiger partial charge in [-0.15, -0.1) is 0 Å². The topological polar surface area (TPSA) is 169 Å². The van der Waals surface area contributed by atoms with Crippen LogP contribution in [0.25, 0.3) is 22.5 Å². The molecule has 38 heavy (non-hydrogen) atoms. The van der Waals surface area contributed by atoms with Crippen LogP contribution in [-0.4, -0.2) is 53.1 Å². The number of rotatable bonds is 5. The number of sulfonamides is 1. The fourth-order valence-electron chi connectivity index (χ4n) is 3.95. The van der Waals surface area contributed by atoms with E-state index in [1.807, 2.05) is 19.9 Å². The molecule has 5 N–H and O–H groups in total. The van der Waals surface area contributed by atoms with Gasteiger partial charge in [0.15, 0.2) is 5.76 Å². The minimum Gasteiger partial charge on any atom is -0.475 e. The maximum Gasteiger partial charge on any atom is 0.490 e. The van der Waals surface area contributed by atoms with E-state index < -0.39 is 28.3 Å². The van der Waals surface area contributed by atoms with Gasteiger partial charge in [0, 0.05) is 23.9 Å². The summed E-state index contributed by atoms with van der Waals surface area (Å²) in [5.74, 6) is -1.95. The predicted molar refractivity (Wildman–Crippen MR) is 131 cm³/mol. The van der Waals surface area contributed by atoms with Gasteiger partial charge in [-0.25, -0.2) is 22.9 Å². The lowest BCUT2D eigenvalue weighted by Crippen LogP contribution is -2.39. The number of carboxylic acid groups (broad SMARTS) is 1. The molecular formula is C24H27F3N4O6S. The fourth-order valence-corrected chi connectivity index (χ4v) is 5.26. The number of benzene rings is 1. The molecular weight excluding hydrogens is 529 g/mol. The number of nitrogen functional groups attached to an aromatic ring is 1. The van der Waals surface area contributed by atoms with Crippen LogP contribution in [0.5, 0.6) is 0 Å². The molecule has 2 heterocycles. The van der Waals surface area contributed by atoms with Crippen LogP contribution in [-0.2, 0) is 14.8 Å². The van der Waals surface area contributed by atoms with Gasteiger partial charge in [0.2, 0.25) is 10.0 Å². The summed E-state index contributed by atoms with van der Waals surface area (Å²) < 4.78 is 65.8. The van der Waals surface area contributed by atoms with E-state index in [4.69, 9.17) is 20.2 Å². The zero-order valence-electron chi connectivity index (χ0n) is 20.5. The number of aromatic nitrogens is 2. The average Bonchev–Trinajstić information content (AvgIpc) is 3.25. The number of anilines is 1. The van der Waals surface area contributed by atoms with Gasteiger partial charge >= 0.3 is 12.1 Å². The van der Waals surface area contributed by atoms with Crippen LogP contribution in [0.2, 0.25) is 0 Å². The van der Waals surface area contributed by atoms with E-state index in [1.165, 1.54) is 0 Å². The monoisotopic (exact) mass is 556 g/mol. The van der Waals surface area contributed by atoms with Crippen molar-refractivity contribution >= 4 is 21.8 Å². The third kappa shape index (κ3) is 7.30. The molecule has 0 saturated heterocycles. The molecule has 0 aliphatic heterocycles. The maximum atomic E-state index is 13.0. The summed E-state index contributed by atoms with van der Waals surface area (Å²) in [6.45, 7) is 3.72. The number of aliphatic carboxylic acids is 1. The van der Waals surface area contributed by atoms with Crippen molar-refractivity contribution in [3.8, 4) is 22.5 Å². The van der Waals surface area contributed by atoms with Gasteiger partial charge in [-0.3, -0.25) is 0 Å². The molecule has 1 fully saturated rings. The van der Waals surface area contributed by atoms with Gasteiger partial charge in [0.05, 0.1) is 22.3 Å². The first-order valence-electron chi connectivity index (χ1n) is 11.5. The van der Waals surface area contributed by atoms with E-state index in [-0.39, 0.29) is 10.9 Å². The molecule has 0 radical (unpaired) electrons. The lowest BCUT2D eigenvalue weighted by molar-refractivity contribution is -0.192. The molecule has 0 spiro atoms. The zero-order valence-corrected chi connectivity index (χ0v) is 21.3. The van der Waals surface area contributed by atoms with Crippen molar-refractivity contribution in [3.63, 3.8) is 0 Å². The summed E-state index contributed by atoms with van der Waals surface area (Å²) in [5, 5.41) is 20.9. The van der Waals surface area contributed by atoms with Crippen LogP contribution < -0.4 is 10.5 Å². The van der Waals surface area contributed by atoms with Crippen LogP contribution in [0.1, 0.15) is 36.9 Å². The van der Waals surface area contributed by atoms with Crippen molar-refractivity contribution in [1.29, 1.82) is 0 Å². The van der Waals surface area contributed by atoms with E-state index in [2.05, 4.69) is 14.9 Å². The molecule has 1 aromatic carbocycles. The number of aliphatic hydroxyl groups is 1. The fraction of sp³-hybridized carbons (Fsp3) is 0.375. The highest BCUT2D eigenvalue weighted by Gasteiger charge is 2.38. The molecule has 0 unspecified atom stereocenters. The smallest absolute Gasteiger partial charge is 0.475 e. The molecule has 10 nitrogen and oxygen atoms in total. The Morgan fingerprint density at radius 2 is 1.84 bits per heavy atom. The van der Waals surface area contributed by atoms with Gasteiger partial charge < -0.3 is 20.5 Å². The molecule has 1 saturated carbocycles. The molecule has 0 amide bonds. The number of nitrogens with zero attached hydrogens (tertiary/aromatic N) is 2. The molecule has 14 heteroatoms. The number of aryl methyl sites for hydroxylation is 2. The molecule has 0 bridgehead atoms. The number of hydrogen-bond acceptors (Lipinski definition) is 8. The SMILES string of the molecule is Cc1cc(-c2cc(-c3cc(S(=O)(=O)N[C@H]4CCC[C@H](O)C4)ccc3C)cnc2N)on1.O=C(O)C(F)(F)F. The number of hydrogen-bond donors (Lipinski definition) is 4. The minimum absolute atomic E-state index is 0.169. The van der Waals surface area contributed by atoms with E-state index in [1.54, 1.807) is 30.5 Å². The largest absolute Gasteiger partial charge is 0.490 e. The van der Waals surface area contributed by atoms with Crippen LogP contribution in [0.4, 0.5) is 19.0 Å². The first-order chi connectivity index (χ1) is 17.7. The Bertz CT molecular complexity index is 1410. The lowest BCUT2D eigenvalue weighted by atomic mass is 9.94. The Balaban J connectivity index is 0.000000505. The van der Waals surface area contributed by atoms with Crippen LogP contribution >= 0.6 is 0 Å². The van der Waals surface area contributed by atoms with E-state index >= 15 is 0 Å². The predicted octanol–water partition coefficient (Wildman–Crippen LogP) is 3.82. The molecule has 206 valence electrons. The Morgan fingerprint density at radius 3 is 2.42 bits per heavy atom. The van der Waals surface area contributed by atoms with E-state index in [0.717, 1.165) is 35.2 Å². The van der Waals surface area contributed by atoms with E-state index in [0.29, 0.717) is 30.0 Å². The Morgan fingerprint density at radius 1 is 1.16 bits per heavy atom. The normalized spacial score (nSPS) is 17.9. The summed E-state index contributed by atoms with van der Waals surface area (Å²) in [6, 6.07) is 8.33. The van der Waals surface area contributed by atoms with Gasteiger partial charge in [-0.05, 0) is 68.9 Å². The van der Waals surface area contributed by atoms with Crippen molar-refractivity contribution in [1.82, 2.24) is 14.9 Å². The summed E-state index contributed by atoms with van der Waals surface area (Å²) in [7, 11) is -3.73. The van der Waals surface area contributed by atoms with Crippen LogP contribution in [0.3, 0.4) is 0 Å². The third-order valence-electron chi connectivity index (χ3n) is 5.85. The summed E-state index contributed by atoms with van der Waals surface area (Å²) >= 11 is 0. The van der Waals surface area contributed by atoms with Crippen LogP contribution in [0.15, 0.2) is 45.9 Å².